The lowest BCUT2D eigenvalue weighted by Gasteiger charge is -2.39. The fourth-order valence-electron chi connectivity index (χ4n) is 2.71. The minimum absolute atomic E-state index is 0.00167. The Labute approximate surface area is 112 Å². The molecule has 19 heavy (non-hydrogen) atoms. The number of carboxylic acids is 1. The standard InChI is InChI=1S/C12H21N3O4/c1-2-4-12(10(17)18)5-3-6-15(8-12)7-9(16)14-11(13)19/h2-8H2,1H3,(H,17,18)(H3,13,14,16,19). The molecule has 1 rings (SSSR count). The van der Waals surface area contributed by atoms with Crippen LogP contribution in [-0.2, 0) is 9.59 Å². The van der Waals surface area contributed by atoms with E-state index < -0.39 is 23.3 Å². The van der Waals surface area contributed by atoms with Gasteiger partial charge in [0.15, 0.2) is 0 Å². The molecule has 4 N–H and O–H groups in total. The second kappa shape index (κ2) is 6.51. The lowest BCUT2D eigenvalue weighted by Crippen LogP contribution is -2.51. The number of carbonyl (C=O) groups is 3. The van der Waals surface area contributed by atoms with E-state index in [0.29, 0.717) is 25.9 Å². The summed E-state index contributed by atoms with van der Waals surface area (Å²) in [6, 6.07) is -0.889. The van der Waals surface area contributed by atoms with Crippen LogP contribution in [0.25, 0.3) is 0 Å². The zero-order valence-corrected chi connectivity index (χ0v) is 11.1. The molecule has 0 radical (unpaired) electrons. The number of hydrogen-bond donors (Lipinski definition) is 3. The second-order valence-electron chi connectivity index (χ2n) is 5.06. The van der Waals surface area contributed by atoms with Crippen LogP contribution in [0.5, 0.6) is 0 Å². The number of nitrogens with zero attached hydrogens (tertiary/aromatic N) is 1. The van der Waals surface area contributed by atoms with Gasteiger partial charge in [-0.25, -0.2) is 4.79 Å². The zero-order chi connectivity index (χ0) is 14.5. The third-order valence-electron chi connectivity index (χ3n) is 3.47. The molecule has 0 aliphatic carbocycles. The highest BCUT2D eigenvalue weighted by atomic mass is 16.4. The number of urea groups is 1. The quantitative estimate of drug-likeness (QED) is 0.658. The van der Waals surface area contributed by atoms with Crippen molar-refractivity contribution in [3.63, 3.8) is 0 Å². The van der Waals surface area contributed by atoms with E-state index in [2.05, 4.69) is 0 Å². The van der Waals surface area contributed by atoms with Crippen LogP contribution in [0.15, 0.2) is 0 Å². The van der Waals surface area contributed by atoms with Gasteiger partial charge in [0.2, 0.25) is 5.91 Å². The Kier molecular flexibility index (Phi) is 5.29. The van der Waals surface area contributed by atoms with Crippen molar-refractivity contribution in [3.05, 3.63) is 0 Å². The van der Waals surface area contributed by atoms with E-state index in [9.17, 15) is 19.5 Å². The van der Waals surface area contributed by atoms with Gasteiger partial charge in [0.05, 0.1) is 12.0 Å². The summed E-state index contributed by atoms with van der Waals surface area (Å²) in [5.74, 6) is -1.31. The molecule has 3 amide bonds. The molecule has 0 aromatic rings. The normalized spacial score (nSPS) is 23.8. The number of rotatable bonds is 5. The number of likely N-dealkylation sites (tertiary alicyclic amines) is 1. The van der Waals surface area contributed by atoms with Crippen molar-refractivity contribution < 1.29 is 19.5 Å². The van der Waals surface area contributed by atoms with Crippen LogP contribution >= 0.6 is 0 Å². The summed E-state index contributed by atoms with van der Waals surface area (Å²) >= 11 is 0. The Morgan fingerprint density at radius 2 is 2.11 bits per heavy atom. The Hall–Kier alpha value is -1.63. The first kappa shape index (κ1) is 15.4. The molecule has 1 atom stereocenters. The van der Waals surface area contributed by atoms with Gasteiger partial charge in [-0.1, -0.05) is 13.3 Å². The van der Waals surface area contributed by atoms with E-state index in [1.807, 2.05) is 12.2 Å². The lowest BCUT2D eigenvalue weighted by molar-refractivity contribution is -0.154. The molecule has 0 spiro atoms. The molecular formula is C12H21N3O4. The first-order chi connectivity index (χ1) is 8.89. The third kappa shape index (κ3) is 4.20. The largest absolute Gasteiger partial charge is 0.481 e. The molecule has 1 unspecified atom stereocenters. The van der Waals surface area contributed by atoms with Crippen LogP contribution in [0.1, 0.15) is 32.6 Å². The van der Waals surface area contributed by atoms with E-state index >= 15 is 0 Å². The predicted octanol–water partition coefficient (Wildman–Crippen LogP) is 0.148. The van der Waals surface area contributed by atoms with Gasteiger partial charge >= 0.3 is 12.0 Å². The van der Waals surface area contributed by atoms with Crippen LogP contribution in [0, 0.1) is 5.41 Å². The minimum Gasteiger partial charge on any atom is -0.481 e. The topological polar surface area (TPSA) is 113 Å². The smallest absolute Gasteiger partial charge is 0.318 e. The van der Waals surface area contributed by atoms with E-state index in [1.54, 1.807) is 4.90 Å². The van der Waals surface area contributed by atoms with Gasteiger partial charge in [-0.2, -0.15) is 0 Å². The van der Waals surface area contributed by atoms with E-state index in [-0.39, 0.29) is 6.54 Å². The Bertz CT molecular complexity index is 368. The average molecular weight is 271 g/mol. The number of carboxylic acid groups (broad SMARTS) is 1. The number of amides is 3. The molecule has 0 saturated carbocycles. The summed E-state index contributed by atoms with van der Waals surface area (Å²) < 4.78 is 0. The van der Waals surface area contributed by atoms with Gasteiger partial charge in [0.1, 0.15) is 0 Å². The van der Waals surface area contributed by atoms with E-state index in [4.69, 9.17) is 5.73 Å². The highest BCUT2D eigenvalue weighted by Gasteiger charge is 2.41. The third-order valence-corrected chi connectivity index (χ3v) is 3.47. The molecule has 1 aliphatic rings. The van der Waals surface area contributed by atoms with Gasteiger partial charge in [-0.15, -0.1) is 0 Å². The van der Waals surface area contributed by atoms with Crippen molar-refractivity contribution in [2.24, 2.45) is 11.1 Å². The molecule has 0 aromatic carbocycles. The highest BCUT2D eigenvalue weighted by Crippen LogP contribution is 2.34. The lowest BCUT2D eigenvalue weighted by atomic mass is 9.76. The Balaban J connectivity index is 2.64. The number of primary amides is 1. The predicted molar refractivity (Wildman–Crippen MR) is 68.4 cm³/mol. The molecule has 108 valence electrons. The van der Waals surface area contributed by atoms with E-state index in [1.165, 1.54) is 0 Å². The van der Waals surface area contributed by atoms with Crippen molar-refractivity contribution in [1.82, 2.24) is 10.2 Å². The maximum absolute atomic E-state index is 11.5. The number of hydrogen-bond acceptors (Lipinski definition) is 4. The molecule has 1 fully saturated rings. The molecule has 7 nitrogen and oxygen atoms in total. The summed E-state index contributed by atoms with van der Waals surface area (Å²) in [6.07, 6.45) is 2.74. The van der Waals surface area contributed by atoms with Crippen LogP contribution in [-0.4, -0.2) is 47.5 Å². The SMILES string of the molecule is CCCC1(C(=O)O)CCCN(CC(=O)NC(N)=O)C1. The molecule has 1 aliphatic heterocycles. The van der Waals surface area contributed by atoms with Crippen LogP contribution in [0.2, 0.25) is 0 Å². The number of imide groups is 1. The van der Waals surface area contributed by atoms with Gasteiger partial charge < -0.3 is 10.8 Å². The average Bonchev–Trinajstić information content (AvgIpc) is 2.28. The number of carbonyl (C=O) groups excluding carboxylic acids is 2. The van der Waals surface area contributed by atoms with Gasteiger partial charge in [-0.05, 0) is 25.8 Å². The number of piperidine rings is 1. The van der Waals surface area contributed by atoms with Crippen LogP contribution < -0.4 is 11.1 Å². The summed E-state index contributed by atoms with van der Waals surface area (Å²) in [5, 5.41) is 11.4. The van der Waals surface area contributed by atoms with Crippen molar-refractivity contribution >= 4 is 17.9 Å². The molecule has 7 heteroatoms. The summed E-state index contributed by atoms with van der Waals surface area (Å²) in [7, 11) is 0. The van der Waals surface area contributed by atoms with Crippen molar-refractivity contribution in [1.29, 1.82) is 0 Å². The monoisotopic (exact) mass is 271 g/mol. The maximum atomic E-state index is 11.5. The highest BCUT2D eigenvalue weighted by molar-refractivity contribution is 5.94. The molecule has 0 bridgehead atoms. The van der Waals surface area contributed by atoms with Crippen molar-refractivity contribution in [2.45, 2.75) is 32.6 Å². The Morgan fingerprint density at radius 1 is 1.42 bits per heavy atom. The molecular weight excluding hydrogens is 250 g/mol. The zero-order valence-electron chi connectivity index (χ0n) is 11.1. The Morgan fingerprint density at radius 3 is 2.63 bits per heavy atom. The first-order valence-corrected chi connectivity index (χ1v) is 6.44. The minimum atomic E-state index is -0.889. The number of aliphatic carboxylic acids is 1. The second-order valence-corrected chi connectivity index (χ2v) is 5.06. The molecule has 1 saturated heterocycles. The fraction of sp³-hybridized carbons (Fsp3) is 0.750. The maximum Gasteiger partial charge on any atom is 0.318 e. The van der Waals surface area contributed by atoms with Crippen molar-refractivity contribution in [3.8, 4) is 0 Å². The van der Waals surface area contributed by atoms with Gasteiger partial charge in [0.25, 0.3) is 0 Å². The van der Waals surface area contributed by atoms with Gasteiger partial charge in [-0.3, -0.25) is 19.8 Å². The van der Waals surface area contributed by atoms with Crippen LogP contribution in [0.3, 0.4) is 0 Å². The van der Waals surface area contributed by atoms with E-state index in [0.717, 1.165) is 12.8 Å². The molecule has 1 heterocycles. The fourth-order valence-corrected chi connectivity index (χ4v) is 2.71. The summed E-state index contributed by atoms with van der Waals surface area (Å²) in [5.41, 5.74) is 4.09. The van der Waals surface area contributed by atoms with Crippen molar-refractivity contribution in [2.75, 3.05) is 19.6 Å². The molecule has 0 aromatic heterocycles. The first-order valence-electron chi connectivity index (χ1n) is 6.44. The van der Waals surface area contributed by atoms with Gasteiger partial charge in [0, 0.05) is 6.54 Å². The number of nitrogens with two attached hydrogens (primary N) is 1. The number of nitrogens with one attached hydrogen (secondary N) is 1. The summed E-state index contributed by atoms with van der Waals surface area (Å²) in [4.78, 5) is 35.3. The van der Waals surface area contributed by atoms with Crippen LogP contribution in [0.4, 0.5) is 4.79 Å². The summed E-state index contributed by atoms with van der Waals surface area (Å²) in [6.45, 7) is 2.94.